The predicted molar refractivity (Wildman–Crippen MR) is 60.2 cm³/mol. The molecule has 16 heavy (non-hydrogen) atoms. The molecule has 88 valence electrons. The van der Waals surface area contributed by atoms with Crippen molar-refractivity contribution in [3.8, 4) is 0 Å². The topological polar surface area (TPSA) is 38.0 Å². The van der Waals surface area contributed by atoms with Gasteiger partial charge in [0.2, 0.25) is 0 Å². The van der Waals surface area contributed by atoms with Gasteiger partial charge in [-0.25, -0.2) is 8.78 Å². The first kappa shape index (κ1) is 11.3. The number of nitrogens with one attached hydrogen (secondary N) is 1. The van der Waals surface area contributed by atoms with Gasteiger partial charge in [0.15, 0.2) is 0 Å². The van der Waals surface area contributed by atoms with E-state index in [0.29, 0.717) is 0 Å². The molecule has 1 aliphatic rings. The third-order valence-electron chi connectivity index (χ3n) is 3.11. The van der Waals surface area contributed by atoms with Gasteiger partial charge in [0.05, 0.1) is 0 Å². The Morgan fingerprint density at radius 2 is 1.75 bits per heavy atom. The average molecular weight is 226 g/mol. The van der Waals surface area contributed by atoms with Gasteiger partial charge in [-0.15, -0.1) is 0 Å². The van der Waals surface area contributed by atoms with Crippen LogP contribution < -0.4 is 11.1 Å². The third kappa shape index (κ3) is 2.32. The van der Waals surface area contributed by atoms with Crippen LogP contribution in [0.25, 0.3) is 0 Å². The Labute approximate surface area is 93.8 Å². The minimum atomic E-state index is -0.558. The van der Waals surface area contributed by atoms with E-state index in [2.05, 4.69) is 5.32 Å². The van der Waals surface area contributed by atoms with Crippen molar-refractivity contribution in [2.75, 3.05) is 5.32 Å². The molecular formula is C12H16F2N2. The van der Waals surface area contributed by atoms with Gasteiger partial charge in [0, 0.05) is 12.1 Å². The summed E-state index contributed by atoms with van der Waals surface area (Å²) >= 11 is 0. The van der Waals surface area contributed by atoms with Crippen LogP contribution in [0.5, 0.6) is 0 Å². The maximum absolute atomic E-state index is 13.4. The van der Waals surface area contributed by atoms with Crippen LogP contribution in [-0.4, -0.2) is 12.1 Å². The molecule has 1 fully saturated rings. The molecule has 1 aromatic rings. The Kier molecular flexibility index (Phi) is 3.39. The number of nitrogens with two attached hydrogens (primary N) is 1. The Morgan fingerprint density at radius 1 is 1.12 bits per heavy atom. The second-order valence-electron chi connectivity index (χ2n) is 4.30. The van der Waals surface area contributed by atoms with Gasteiger partial charge in [-0.1, -0.05) is 18.9 Å². The summed E-state index contributed by atoms with van der Waals surface area (Å²) < 4.78 is 26.8. The molecule has 1 saturated carbocycles. The van der Waals surface area contributed by atoms with Crippen molar-refractivity contribution < 1.29 is 8.78 Å². The fraction of sp³-hybridized carbons (Fsp3) is 0.500. The Morgan fingerprint density at radius 3 is 2.38 bits per heavy atom. The maximum atomic E-state index is 13.4. The summed E-state index contributed by atoms with van der Waals surface area (Å²) in [6, 6.07) is 3.81. The van der Waals surface area contributed by atoms with E-state index in [-0.39, 0.29) is 17.8 Å². The van der Waals surface area contributed by atoms with Crippen LogP contribution in [0.15, 0.2) is 18.2 Å². The van der Waals surface area contributed by atoms with Gasteiger partial charge in [-0.2, -0.15) is 0 Å². The van der Waals surface area contributed by atoms with Crippen LogP contribution in [0.1, 0.15) is 25.7 Å². The molecular weight excluding hydrogens is 210 g/mol. The van der Waals surface area contributed by atoms with Gasteiger partial charge >= 0.3 is 0 Å². The lowest BCUT2D eigenvalue weighted by atomic mass is 9.91. The SMILES string of the molecule is NC1CCCCC1Nc1c(F)cccc1F. The lowest BCUT2D eigenvalue weighted by Gasteiger charge is -2.30. The lowest BCUT2D eigenvalue weighted by molar-refractivity contribution is 0.401. The molecule has 0 bridgehead atoms. The molecule has 0 aromatic heterocycles. The summed E-state index contributed by atoms with van der Waals surface area (Å²) in [5.74, 6) is -1.12. The molecule has 2 nitrogen and oxygen atoms in total. The van der Waals surface area contributed by atoms with Crippen LogP contribution in [0.3, 0.4) is 0 Å². The van der Waals surface area contributed by atoms with Gasteiger partial charge in [0.1, 0.15) is 17.3 Å². The minimum absolute atomic E-state index is 0.0206. The molecule has 3 N–H and O–H groups in total. The summed E-state index contributed by atoms with van der Waals surface area (Å²) in [6.45, 7) is 0. The number of anilines is 1. The number of hydrogen-bond acceptors (Lipinski definition) is 2. The summed E-state index contributed by atoms with van der Waals surface area (Å²) in [4.78, 5) is 0. The number of hydrogen-bond donors (Lipinski definition) is 2. The van der Waals surface area contributed by atoms with Crippen LogP contribution in [0, 0.1) is 11.6 Å². The highest BCUT2D eigenvalue weighted by molar-refractivity contribution is 5.47. The van der Waals surface area contributed by atoms with Gasteiger partial charge in [0.25, 0.3) is 0 Å². The average Bonchev–Trinajstić information content (AvgIpc) is 2.26. The van der Waals surface area contributed by atoms with Gasteiger partial charge in [-0.05, 0) is 25.0 Å². The minimum Gasteiger partial charge on any atom is -0.376 e. The Hall–Kier alpha value is -1.16. The molecule has 0 amide bonds. The van der Waals surface area contributed by atoms with Gasteiger partial charge in [-0.3, -0.25) is 0 Å². The standard InChI is InChI=1S/C12H16F2N2/c13-8-4-3-5-9(14)12(8)16-11-7-2-1-6-10(11)15/h3-5,10-11,16H,1-2,6-7,15H2. The highest BCUT2D eigenvalue weighted by atomic mass is 19.1. The van der Waals surface area contributed by atoms with Crippen LogP contribution in [0.4, 0.5) is 14.5 Å². The molecule has 0 radical (unpaired) electrons. The van der Waals surface area contributed by atoms with E-state index in [9.17, 15) is 8.78 Å². The zero-order valence-corrected chi connectivity index (χ0v) is 9.05. The fourth-order valence-electron chi connectivity index (χ4n) is 2.16. The summed E-state index contributed by atoms with van der Waals surface area (Å²) in [6.07, 6.45) is 3.93. The van der Waals surface area contributed by atoms with E-state index in [1.807, 2.05) is 0 Å². The Bertz CT molecular complexity index is 348. The molecule has 1 aliphatic carbocycles. The van der Waals surface area contributed by atoms with E-state index in [1.165, 1.54) is 18.2 Å². The third-order valence-corrected chi connectivity index (χ3v) is 3.11. The maximum Gasteiger partial charge on any atom is 0.149 e. The monoisotopic (exact) mass is 226 g/mol. The quantitative estimate of drug-likeness (QED) is 0.813. The summed E-state index contributed by atoms with van der Waals surface area (Å²) in [5.41, 5.74) is 5.87. The molecule has 0 heterocycles. The molecule has 2 atom stereocenters. The molecule has 0 aliphatic heterocycles. The Balaban J connectivity index is 2.13. The molecule has 2 rings (SSSR count). The summed E-state index contributed by atoms with van der Waals surface area (Å²) in [7, 11) is 0. The van der Waals surface area contributed by atoms with E-state index >= 15 is 0 Å². The summed E-state index contributed by atoms with van der Waals surface area (Å²) in [5, 5.41) is 2.89. The zero-order valence-electron chi connectivity index (χ0n) is 9.05. The molecule has 0 spiro atoms. The first-order chi connectivity index (χ1) is 7.68. The van der Waals surface area contributed by atoms with E-state index < -0.39 is 11.6 Å². The molecule has 0 saturated heterocycles. The van der Waals surface area contributed by atoms with E-state index in [0.717, 1.165) is 25.7 Å². The predicted octanol–water partition coefficient (Wildman–Crippen LogP) is 2.65. The van der Waals surface area contributed by atoms with Crippen molar-refractivity contribution in [2.45, 2.75) is 37.8 Å². The fourth-order valence-corrected chi connectivity index (χ4v) is 2.16. The molecule has 2 unspecified atom stereocenters. The van der Waals surface area contributed by atoms with Crippen LogP contribution in [-0.2, 0) is 0 Å². The number of benzene rings is 1. The zero-order chi connectivity index (χ0) is 11.5. The van der Waals surface area contributed by atoms with E-state index in [4.69, 9.17) is 5.73 Å². The van der Waals surface area contributed by atoms with Crippen LogP contribution >= 0.6 is 0 Å². The van der Waals surface area contributed by atoms with Crippen LogP contribution in [0.2, 0.25) is 0 Å². The first-order valence-electron chi connectivity index (χ1n) is 5.64. The number of para-hydroxylation sites is 1. The molecule has 4 heteroatoms. The van der Waals surface area contributed by atoms with Crippen molar-refractivity contribution in [2.24, 2.45) is 5.73 Å². The van der Waals surface area contributed by atoms with Crippen molar-refractivity contribution in [1.82, 2.24) is 0 Å². The van der Waals surface area contributed by atoms with Crippen molar-refractivity contribution in [3.05, 3.63) is 29.8 Å². The highest BCUT2D eigenvalue weighted by Gasteiger charge is 2.23. The highest BCUT2D eigenvalue weighted by Crippen LogP contribution is 2.24. The van der Waals surface area contributed by atoms with Crippen molar-refractivity contribution in [1.29, 1.82) is 0 Å². The van der Waals surface area contributed by atoms with Gasteiger partial charge < -0.3 is 11.1 Å². The normalized spacial score (nSPS) is 25.4. The number of rotatable bonds is 2. The largest absolute Gasteiger partial charge is 0.376 e. The smallest absolute Gasteiger partial charge is 0.149 e. The van der Waals surface area contributed by atoms with E-state index in [1.54, 1.807) is 0 Å². The van der Waals surface area contributed by atoms with Crippen molar-refractivity contribution >= 4 is 5.69 Å². The van der Waals surface area contributed by atoms with Crippen molar-refractivity contribution in [3.63, 3.8) is 0 Å². The first-order valence-corrected chi connectivity index (χ1v) is 5.64. The lowest BCUT2D eigenvalue weighted by Crippen LogP contribution is -2.42. The number of halogens is 2. The second kappa shape index (κ2) is 4.78. The molecule has 1 aromatic carbocycles. The second-order valence-corrected chi connectivity index (χ2v) is 4.30.